The lowest BCUT2D eigenvalue weighted by Gasteiger charge is -2.21. The van der Waals surface area contributed by atoms with Gasteiger partial charge in [-0.2, -0.15) is 0 Å². The van der Waals surface area contributed by atoms with Crippen molar-refractivity contribution in [2.75, 3.05) is 25.5 Å². The van der Waals surface area contributed by atoms with Crippen molar-refractivity contribution in [3.63, 3.8) is 0 Å². The lowest BCUT2D eigenvalue weighted by atomic mass is 10.1. The average Bonchev–Trinajstić information content (AvgIpc) is 2.53. The van der Waals surface area contributed by atoms with Crippen molar-refractivity contribution in [1.29, 1.82) is 0 Å². The van der Waals surface area contributed by atoms with Crippen LogP contribution < -0.4 is 4.90 Å². The van der Waals surface area contributed by atoms with E-state index in [2.05, 4.69) is 37.7 Å². The van der Waals surface area contributed by atoms with Gasteiger partial charge in [0.25, 0.3) is 5.91 Å². The second-order valence-electron chi connectivity index (χ2n) is 5.11. The van der Waals surface area contributed by atoms with Crippen molar-refractivity contribution >= 4 is 27.8 Å². The molecule has 0 aliphatic rings. The Balaban J connectivity index is 2.11. The Kier molecular flexibility index (Phi) is 5.49. The largest absolute Gasteiger partial charge is 0.345 e. The van der Waals surface area contributed by atoms with Gasteiger partial charge < -0.3 is 9.80 Å². The van der Waals surface area contributed by atoms with Crippen molar-refractivity contribution in [2.24, 2.45) is 0 Å². The van der Waals surface area contributed by atoms with Crippen molar-refractivity contribution in [2.45, 2.75) is 13.5 Å². The van der Waals surface area contributed by atoms with Crippen molar-refractivity contribution in [3.8, 4) is 0 Å². The Morgan fingerprint density at radius 3 is 2.23 bits per heavy atom. The Bertz CT molecular complexity index is 626. The molecule has 6 heteroatoms. The molecular weight excluding hydrogens is 344 g/mol. The van der Waals surface area contributed by atoms with Gasteiger partial charge in [0.2, 0.25) is 5.95 Å². The van der Waals surface area contributed by atoms with Crippen LogP contribution in [0.15, 0.2) is 41.1 Å². The topological polar surface area (TPSA) is 49.3 Å². The molecule has 0 aliphatic heterocycles. The number of rotatable bonds is 5. The number of aromatic nitrogens is 2. The highest BCUT2D eigenvalue weighted by Gasteiger charge is 2.10. The maximum absolute atomic E-state index is 11.9. The third-order valence-electron chi connectivity index (χ3n) is 3.25. The molecule has 1 heterocycles. The van der Waals surface area contributed by atoms with E-state index in [0.29, 0.717) is 18.1 Å². The van der Waals surface area contributed by atoms with Crippen LogP contribution in [0.5, 0.6) is 0 Å². The van der Waals surface area contributed by atoms with E-state index in [-0.39, 0.29) is 5.91 Å². The number of carbonyl (C=O) groups excluding carboxylic acids is 1. The second-order valence-corrected chi connectivity index (χ2v) is 6.03. The molecule has 1 amide bonds. The van der Waals surface area contributed by atoms with E-state index in [0.717, 1.165) is 16.6 Å². The zero-order valence-electron chi connectivity index (χ0n) is 13.0. The molecule has 0 saturated carbocycles. The van der Waals surface area contributed by atoms with Crippen LogP contribution in [0.4, 0.5) is 5.95 Å². The lowest BCUT2D eigenvalue weighted by molar-refractivity contribution is 0.0827. The summed E-state index contributed by atoms with van der Waals surface area (Å²) in [6, 6.07) is 7.65. The summed E-state index contributed by atoms with van der Waals surface area (Å²) in [7, 11) is 3.50. The van der Waals surface area contributed by atoms with Crippen LogP contribution in [0.3, 0.4) is 0 Å². The Labute approximate surface area is 139 Å². The zero-order chi connectivity index (χ0) is 16.1. The molecule has 116 valence electrons. The lowest BCUT2D eigenvalue weighted by Crippen LogP contribution is -2.24. The molecule has 0 radical (unpaired) electrons. The molecule has 0 unspecified atom stereocenters. The van der Waals surface area contributed by atoms with Gasteiger partial charge in [0.15, 0.2) is 0 Å². The first kappa shape index (κ1) is 16.4. The quantitative estimate of drug-likeness (QED) is 0.820. The molecule has 0 atom stereocenters. The summed E-state index contributed by atoms with van der Waals surface area (Å²) in [4.78, 5) is 24.2. The number of halogens is 1. The molecule has 2 aromatic rings. The number of carbonyl (C=O) groups is 1. The minimum atomic E-state index is 0.00939. The number of benzene rings is 1. The minimum Gasteiger partial charge on any atom is -0.345 e. The number of hydrogen-bond donors (Lipinski definition) is 0. The summed E-state index contributed by atoms with van der Waals surface area (Å²) >= 11 is 3.34. The summed E-state index contributed by atoms with van der Waals surface area (Å²) in [5, 5.41) is 0. The van der Waals surface area contributed by atoms with Crippen LogP contribution in [0.1, 0.15) is 22.8 Å². The van der Waals surface area contributed by atoms with E-state index in [1.165, 1.54) is 0 Å². The summed E-state index contributed by atoms with van der Waals surface area (Å²) < 4.78 is 0.860. The highest BCUT2D eigenvalue weighted by atomic mass is 79.9. The molecule has 0 bridgehead atoms. The van der Waals surface area contributed by atoms with Crippen LogP contribution >= 0.6 is 15.9 Å². The van der Waals surface area contributed by atoms with Gasteiger partial charge in [0.1, 0.15) is 0 Å². The molecule has 0 N–H and O–H groups in total. The van der Waals surface area contributed by atoms with Crippen LogP contribution in [-0.4, -0.2) is 41.4 Å². The fourth-order valence-corrected chi connectivity index (χ4v) is 2.23. The number of hydrogen-bond acceptors (Lipinski definition) is 4. The predicted molar refractivity (Wildman–Crippen MR) is 90.9 cm³/mol. The van der Waals surface area contributed by atoms with Crippen LogP contribution in [-0.2, 0) is 6.54 Å². The number of nitrogens with zero attached hydrogens (tertiary/aromatic N) is 4. The molecule has 0 aliphatic carbocycles. The Hall–Kier alpha value is -1.95. The third kappa shape index (κ3) is 4.04. The SMILES string of the molecule is CCN(Cc1ccc(C(=O)N(C)C)cc1)c1ncc(Br)cn1. The molecule has 0 fully saturated rings. The molecule has 22 heavy (non-hydrogen) atoms. The van der Waals surface area contributed by atoms with Crippen molar-refractivity contribution < 1.29 is 4.79 Å². The summed E-state index contributed by atoms with van der Waals surface area (Å²) in [6.45, 7) is 3.57. The first-order valence-electron chi connectivity index (χ1n) is 7.04. The van der Waals surface area contributed by atoms with Gasteiger partial charge >= 0.3 is 0 Å². The second kappa shape index (κ2) is 7.35. The first-order chi connectivity index (χ1) is 10.5. The van der Waals surface area contributed by atoms with E-state index < -0.39 is 0 Å². The maximum Gasteiger partial charge on any atom is 0.253 e. The molecule has 1 aromatic carbocycles. The maximum atomic E-state index is 11.9. The molecule has 0 spiro atoms. The third-order valence-corrected chi connectivity index (χ3v) is 3.66. The fraction of sp³-hybridized carbons (Fsp3) is 0.312. The molecule has 1 aromatic heterocycles. The van der Waals surface area contributed by atoms with E-state index in [9.17, 15) is 4.79 Å². The summed E-state index contributed by atoms with van der Waals surface area (Å²) in [6.07, 6.45) is 3.48. The minimum absolute atomic E-state index is 0.00939. The van der Waals surface area contributed by atoms with Gasteiger partial charge in [-0.05, 0) is 40.5 Å². The van der Waals surface area contributed by atoms with E-state index in [1.807, 2.05) is 24.3 Å². The fourth-order valence-electron chi connectivity index (χ4n) is 2.02. The predicted octanol–water partition coefficient (Wildman–Crippen LogP) is 2.97. The highest BCUT2D eigenvalue weighted by Crippen LogP contribution is 2.15. The van der Waals surface area contributed by atoms with E-state index >= 15 is 0 Å². The van der Waals surface area contributed by atoms with Crippen LogP contribution in [0.2, 0.25) is 0 Å². The number of amides is 1. The molecule has 2 rings (SSSR count). The summed E-state index contributed by atoms with van der Waals surface area (Å²) in [5.74, 6) is 0.703. The smallest absolute Gasteiger partial charge is 0.253 e. The Morgan fingerprint density at radius 1 is 1.14 bits per heavy atom. The molecule has 5 nitrogen and oxygen atoms in total. The first-order valence-corrected chi connectivity index (χ1v) is 7.83. The van der Waals surface area contributed by atoms with Gasteiger partial charge in [0.05, 0.1) is 4.47 Å². The molecular formula is C16H19BrN4O. The van der Waals surface area contributed by atoms with Crippen molar-refractivity contribution in [1.82, 2.24) is 14.9 Å². The van der Waals surface area contributed by atoms with Crippen LogP contribution in [0.25, 0.3) is 0 Å². The van der Waals surface area contributed by atoms with Gasteiger partial charge in [-0.3, -0.25) is 4.79 Å². The Morgan fingerprint density at radius 2 is 1.73 bits per heavy atom. The molecule has 0 saturated heterocycles. The number of anilines is 1. The van der Waals surface area contributed by atoms with E-state index in [4.69, 9.17) is 0 Å². The van der Waals surface area contributed by atoms with Gasteiger partial charge in [-0.25, -0.2) is 9.97 Å². The summed E-state index contributed by atoms with van der Waals surface area (Å²) in [5.41, 5.74) is 1.81. The highest BCUT2D eigenvalue weighted by molar-refractivity contribution is 9.10. The van der Waals surface area contributed by atoms with Crippen LogP contribution in [0, 0.1) is 0 Å². The van der Waals surface area contributed by atoms with E-state index in [1.54, 1.807) is 31.4 Å². The zero-order valence-corrected chi connectivity index (χ0v) is 14.5. The average molecular weight is 363 g/mol. The normalized spacial score (nSPS) is 10.4. The van der Waals surface area contributed by atoms with Crippen molar-refractivity contribution in [3.05, 3.63) is 52.3 Å². The monoisotopic (exact) mass is 362 g/mol. The standard InChI is InChI=1S/C16H19BrN4O/c1-4-21(16-18-9-14(17)10-19-16)11-12-5-7-13(8-6-12)15(22)20(2)3/h5-10H,4,11H2,1-3H3. The van der Waals surface area contributed by atoms with Gasteiger partial charge in [0, 0.05) is 45.1 Å². The van der Waals surface area contributed by atoms with Gasteiger partial charge in [-0.1, -0.05) is 12.1 Å². The van der Waals surface area contributed by atoms with Gasteiger partial charge in [-0.15, -0.1) is 0 Å².